The van der Waals surface area contributed by atoms with Crippen molar-refractivity contribution in [1.29, 1.82) is 0 Å². The minimum atomic E-state index is -1.12. The van der Waals surface area contributed by atoms with Gasteiger partial charge in [0.05, 0.1) is 16.7 Å². The van der Waals surface area contributed by atoms with Crippen LogP contribution in [-0.4, -0.2) is 48.9 Å². The Bertz CT molecular complexity index is 1220. The molecule has 3 amide bonds. The highest BCUT2D eigenvalue weighted by molar-refractivity contribution is 6.03. The lowest BCUT2D eigenvalue weighted by atomic mass is 10.1. The SMILES string of the molecule is CCn1nc(C)cc1C(=O)Nc1nc2cc(C(N)=O)cc(C)c2n1C/C=C/CNC(=O)O. The fourth-order valence-electron chi connectivity index (χ4n) is 3.44. The van der Waals surface area contributed by atoms with E-state index in [0.29, 0.717) is 29.9 Å². The van der Waals surface area contributed by atoms with Gasteiger partial charge in [-0.05, 0) is 44.5 Å². The first-order chi connectivity index (χ1) is 15.2. The fourth-order valence-corrected chi connectivity index (χ4v) is 3.44. The lowest BCUT2D eigenvalue weighted by Crippen LogP contribution is -2.21. The Kier molecular flexibility index (Phi) is 6.57. The summed E-state index contributed by atoms with van der Waals surface area (Å²) in [5.74, 6) is -0.655. The number of hydrogen-bond donors (Lipinski definition) is 4. The number of imidazole rings is 1. The van der Waals surface area contributed by atoms with Gasteiger partial charge in [0.1, 0.15) is 5.69 Å². The molecule has 0 aliphatic heterocycles. The van der Waals surface area contributed by atoms with Crippen molar-refractivity contribution >= 4 is 34.9 Å². The number of carbonyl (C=O) groups excluding carboxylic acids is 2. The number of benzene rings is 1. The molecule has 0 spiro atoms. The summed E-state index contributed by atoms with van der Waals surface area (Å²) in [6, 6.07) is 4.94. The predicted octanol–water partition coefficient (Wildman–Crippen LogP) is 2.04. The Morgan fingerprint density at radius 2 is 1.94 bits per heavy atom. The molecule has 168 valence electrons. The third-order valence-electron chi connectivity index (χ3n) is 4.80. The molecule has 0 atom stereocenters. The number of aromatic nitrogens is 4. The normalized spacial score (nSPS) is 11.2. The number of carboxylic acid groups (broad SMARTS) is 1. The smallest absolute Gasteiger partial charge is 0.404 e. The molecule has 0 aliphatic rings. The predicted molar refractivity (Wildman–Crippen MR) is 119 cm³/mol. The molecule has 2 heterocycles. The molecule has 32 heavy (non-hydrogen) atoms. The first kappa shape index (κ1) is 22.5. The standard InChI is InChI=1S/C21H25N7O4/c1-4-28-16(10-13(3)26-28)19(30)25-20-24-15-11-14(18(22)29)9-12(2)17(15)27(20)8-6-5-7-23-21(31)32/h5-6,9-11,23H,4,7-8H2,1-3H3,(H2,22,29)(H,31,32)(H,24,25,30)/b6-5+. The third-order valence-corrected chi connectivity index (χ3v) is 4.80. The number of carbonyl (C=O) groups is 3. The lowest BCUT2D eigenvalue weighted by Gasteiger charge is -2.10. The summed E-state index contributed by atoms with van der Waals surface area (Å²) in [5, 5.41) is 18.1. The molecule has 2 aromatic heterocycles. The van der Waals surface area contributed by atoms with Crippen LogP contribution in [0.2, 0.25) is 0 Å². The van der Waals surface area contributed by atoms with Gasteiger partial charge in [-0.15, -0.1) is 0 Å². The highest BCUT2D eigenvalue weighted by Crippen LogP contribution is 2.25. The molecule has 3 rings (SSSR count). The zero-order valence-electron chi connectivity index (χ0n) is 18.0. The van der Waals surface area contributed by atoms with Crippen LogP contribution in [0, 0.1) is 13.8 Å². The van der Waals surface area contributed by atoms with Gasteiger partial charge >= 0.3 is 6.09 Å². The first-order valence-electron chi connectivity index (χ1n) is 9.99. The number of anilines is 1. The van der Waals surface area contributed by atoms with Crippen molar-refractivity contribution in [1.82, 2.24) is 24.6 Å². The summed E-state index contributed by atoms with van der Waals surface area (Å²) in [7, 11) is 0. The molecule has 0 saturated heterocycles. The molecule has 11 heteroatoms. The molecule has 3 aromatic rings. The molecule has 0 saturated carbocycles. The molecule has 0 aliphatic carbocycles. The molecule has 11 nitrogen and oxygen atoms in total. The van der Waals surface area contributed by atoms with Crippen LogP contribution in [0.5, 0.6) is 0 Å². The zero-order chi connectivity index (χ0) is 23.4. The van der Waals surface area contributed by atoms with Crippen molar-refractivity contribution in [2.45, 2.75) is 33.9 Å². The second-order valence-electron chi connectivity index (χ2n) is 7.17. The summed E-state index contributed by atoms with van der Waals surface area (Å²) >= 11 is 0. The molecule has 0 unspecified atom stereocenters. The van der Waals surface area contributed by atoms with Crippen LogP contribution in [-0.2, 0) is 13.1 Å². The van der Waals surface area contributed by atoms with Crippen LogP contribution in [0.4, 0.5) is 10.7 Å². The maximum Gasteiger partial charge on any atom is 0.404 e. The number of nitrogens with zero attached hydrogens (tertiary/aromatic N) is 4. The Labute approximate surface area is 183 Å². The number of nitrogens with two attached hydrogens (primary N) is 1. The van der Waals surface area contributed by atoms with Crippen LogP contribution in [0.25, 0.3) is 11.0 Å². The van der Waals surface area contributed by atoms with Crippen LogP contribution < -0.4 is 16.4 Å². The van der Waals surface area contributed by atoms with E-state index >= 15 is 0 Å². The number of allylic oxidation sites excluding steroid dienone is 1. The quantitative estimate of drug-likeness (QED) is 0.393. The maximum atomic E-state index is 13.0. The topological polar surface area (TPSA) is 157 Å². The average molecular weight is 439 g/mol. The van der Waals surface area contributed by atoms with Crippen LogP contribution in [0.1, 0.15) is 39.0 Å². The summed E-state index contributed by atoms with van der Waals surface area (Å²) in [4.78, 5) is 39.8. The van der Waals surface area contributed by atoms with E-state index in [-0.39, 0.29) is 18.4 Å². The molecular weight excluding hydrogens is 414 g/mol. The zero-order valence-corrected chi connectivity index (χ0v) is 18.0. The second kappa shape index (κ2) is 9.33. The van der Waals surface area contributed by atoms with Crippen molar-refractivity contribution in [3.63, 3.8) is 0 Å². The Balaban J connectivity index is 2.00. The Morgan fingerprint density at radius 3 is 2.59 bits per heavy atom. The van der Waals surface area contributed by atoms with Gasteiger partial charge in [0.2, 0.25) is 11.9 Å². The van der Waals surface area contributed by atoms with Gasteiger partial charge in [0.15, 0.2) is 0 Å². The van der Waals surface area contributed by atoms with Gasteiger partial charge in [0, 0.05) is 25.2 Å². The second-order valence-corrected chi connectivity index (χ2v) is 7.17. The molecular formula is C21H25N7O4. The third kappa shape index (κ3) is 4.77. The van der Waals surface area contributed by atoms with E-state index in [2.05, 4.69) is 20.7 Å². The molecule has 0 radical (unpaired) electrons. The molecule has 0 fully saturated rings. The number of aryl methyl sites for hydroxylation is 3. The summed E-state index contributed by atoms with van der Waals surface area (Å²) in [6.45, 7) is 6.52. The lowest BCUT2D eigenvalue weighted by molar-refractivity contribution is 0.0996. The number of primary amides is 1. The highest BCUT2D eigenvalue weighted by Gasteiger charge is 2.19. The molecule has 5 N–H and O–H groups in total. The van der Waals surface area contributed by atoms with E-state index in [9.17, 15) is 14.4 Å². The largest absolute Gasteiger partial charge is 0.465 e. The molecule has 1 aromatic carbocycles. The van der Waals surface area contributed by atoms with Crippen molar-refractivity contribution in [3.05, 3.63) is 52.9 Å². The number of rotatable bonds is 8. The Morgan fingerprint density at radius 1 is 1.19 bits per heavy atom. The fraction of sp³-hybridized carbons (Fsp3) is 0.286. The van der Waals surface area contributed by atoms with Gasteiger partial charge in [-0.3, -0.25) is 19.6 Å². The van der Waals surface area contributed by atoms with Gasteiger partial charge < -0.3 is 20.7 Å². The minimum Gasteiger partial charge on any atom is -0.465 e. The number of amides is 3. The van der Waals surface area contributed by atoms with E-state index in [1.54, 1.807) is 39.6 Å². The average Bonchev–Trinajstić information content (AvgIpc) is 3.27. The maximum absolute atomic E-state index is 13.0. The number of fused-ring (bicyclic) bond motifs is 1. The van der Waals surface area contributed by atoms with Gasteiger partial charge in [0.25, 0.3) is 5.91 Å². The van der Waals surface area contributed by atoms with Crippen molar-refractivity contribution in [2.75, 3.05) is 11.9 Å². The Hall–Kier alpha value is -4.15. The monoisotopic (exact) mass is 439 g/mol. The van der Waals surface area contributed by atoms with E-state index in [1.165, 1.54) is 0 Å². The van der Waals surface area contributed by atoms with Crippen molar-refractivity contribution < 1.29 is 19.5 Å². The van der Waals surface area contributed by atoms with Crippen molar-refractivity contribution in [3.8, 4) is 0 Å². The number of nitrogens with one attached hydrogen (secondary N) is 2. The van der Waals surface area contributed by atoms with Gasteiger partial charge in [-0.1, -0.05) is 12.2 Å². The van der Waals surface area contributed by atoms with Crippen LogP contribution in [0.15, 0.2) is 30.4 Å². The van der Waals surface area contributed by atoms with E-state index < -0.39 is 12.0 Å². The van der Waals surface area contributed by atoms with Gasteiger partial charge in [-0.2, -0.15) is 5.10 Å². The van der Waals surface area contributed by atoms with Crippen LogP contribution in [0.3, 0.4) is 0 Å². The highest BCUT2D eigenvalue weighted by atomic mass is 16.4. The van der Waals surface area contributed by atoms with Crippen molar-refractivity contribution in [2.24, 2.45) is 5.73 Å². The summed E-state index contributed by atoms with van der Waals surface area (Å²) in [5.41, 5.74) is 8.86. The van der Waals surface area contributed by atoms with E-state index in [0.717, 1.165) is 16.8 Å². The number of hydrogen-bond acceptors (Lipinski definition) is 5. The first-order valence-corrected chi connectivity index (χ1v) is 9.99. The minimum absolute atomic E-state index is 0.142. The van der Waals surface area contributed by atoms with E-state index in [4.69, 9.17) is 10.8 Å². The summed E-state index contributed by atoms with van der Waals surface area (Å²) < 4.78 is 3.38. The summed E-state index contributed by atoms with van der Waals surface area (Å²) in [6.07, 6.45) is 2.30. The molecule has 0 bridgehead atoms. The van der Waals surface area contributed by atoms with Gasteiger partial charge in [-0.25, -0.2) is 9.78 Å². The van der Waals surface area contributed by atoms with Crippen LogP contribution >= 0.6 is 0 Å². The van der Waals surface area contributed by atoms with E-state index in [1.807, 2.05) is 20.8 Å².